The predicted octanol–water partition coefficient (Wildman–Crippen LogP) is 15.9. The molecular formula is C66H63N9O4. The topological polar surface area (TPSA) is 186 Å². The quantitative estimate of drug-likeness (QED) is 0.0754. The van der Waals surface area contributed by atoms with E-state index in [-0.39, 0.29) is 17.7 Å². The number of nitrogens with zero attached hydrogens (tertiary/aromatic N) is 2. The van der Waals surface area contributed by atoms with Crippen molar-refractivity contribution in [2.75, 3.05) is 26.6 Å². The van der Waals surface area contributed by atoms with E-state index in [0.717, 1.165) is 5.56 Å². The van der Waals surface area contributed by atoms with Crippen LogP contribution >= 0.6 is 0 Å². The van der Waals surface area contributed by atoms with Gasteiger partial charge in [0.25, 0.3) is 0 Å². The summed E-state index contributed by atoms with van der Waals surface area (Å²) in [5.74, 6) is -0.473. The minimum absolute atomic E-state index is 0.156. The number of nitrogens with one attached hydrogen (secondary N) is 7. The summed E-state index contributed by atoms with van der Waals surface area (Å²) >= 11 is 0. The highest BCUT2D eigenvalue weighted by molar-refractivity contribution is 6.09. The Balaban J connectivity index is 1.34. The van der Waals surface area contributed by atoms with Crippen LogP contribution in [0.3, 0.4) is 0 Å². The van der Waals surface area contributed by atoms with Crippen molar-refractivity contribution in [1.82, 2.24) is 19.9 Å². The first kappa shape index (κ1) is 52.8. The SMILES string of the molecule is CC(C)(C)C(=O)Nc1ccccc1-c1c2nc(c(-c3ccccc3NC(=O)C(C)(C)C)c3ccc([nH]3)c(-c3ccccc3NC(=O)C(C)(C)C)c3nc(c(-c4ccccc4NC(=O)Nc4ccccc4)c4ccc1[nH]4)C=C3)C=C2. The third-order valence-electron chi connectivity index (χ3n) is 13.6. The second kappa shape index (κ2) is 21.1. The van der Waals surface area contributed by atoms with Gasteiger partial charge in [0.05, 0.1) is 28.5 Å². The summed E-state index contributed by atoms with van der Waals surface area (Å²) in [5, 5.41) is 15.7. The Labute approximate surface area is 459 Å². The molecule has 0 aliphatic carbocycles. The van der Waals surface area contributed by atoms with Gasteiger partial charge in [-0.25, -0.2) is 14.8 Å². The maximum absolute atomic E-state index is 13.8. The zero-order chi connectivity index (χ0) is 55.8. The summed E-state index contributed by atoms with van der Waals surface area (Å²) in [6.07, 6.45) is 7.87. The lowest BCUT2D eigenvalue weighted by Gasteiger charge is -2.20. The van der Waals surface area contributed by atoms with Crippen molar-refractivity contribution in [3.63, 3.8) is 0 Å². The summed E-state index contributed by atoms with van der Waals surface area (Å²) in [6.45, 7) is 16.9. The van der Waals surface area contributed by atoms with Crippen molar-refractivity contribution in [2.24, 2.45) is 16.2 Å². The van der Waals surface area contributed by atoms with Gasteiger partial charge in [-0.05, 0) is 85.0 Å². The van der Waals surface area contributed by atoms with Gasteiger partial charge in [0.2, 0.25) is 17.7 Å². The van der Waals surface area contributed by atoms with Crippen LogP contribution in [0.1, 0.15) is 85.1 Å². The van der Waals surface area contributed by atoms with Gasteiger partial charge in [0.1, 0.15) is 0 Å². The Morgan fingerprint density at radius 3 is 0.886 bits per heavy atom. The molecule has 8 bridgehead atoms. The minimum atomic E-state index is -0.702. The number of rotatable bonds is 9. The second-order valence-corrected chi connectivity index (χ2v) is 22.7. The number of hydrogen-bond donors (Lipinski definition) is 7. The highest BCUT2D eigenvalue weighted by Crippen LogP contribution is 2.43. The number of H-pyrrole nitrogens is 2. The second-order valence-electron chi connectivity index (χ2n) is 22.7. The van der Waals surface area contributed by atoms with E-state index in [9.17, 15) is 19.2 Å². The van der Waals surface area contributed by atoms with Crippen molar-refractivity contribution in [3.05, 3.63) is 174 Å². The first-order valence-electron chi connectivity index (χ1n) is 26.3. The normalized spacial score (nSPS) is 12.2. The van der Waals surface area contributed by atoms with Crippen LogP contribution < -0.4 is 26.6 Å². The minimum Gasteiger partial charge on any atom is -0.354 e. The molecule has 0 fully saturated rings. The molecule has 13 heteroatoms. The lowest BCUT2D eigenvalue weighted by atomic mass is 9.94. The lowest BCUT2D eigenvalue weighted by molar-refractivity contribution is -0.123. The molecule has 0 saturated heterocycles. The molecule has 0 spiro atoms. The number of carbonyl (C=O) groups excluding carboxylic acids is 4. The fraction of sp³-hybridized carbons (Fsp3) is 0.182. The highest BCUT2D eigenvalue weighted by atomic mass is 16.2. The number of benzene rings is 5. The molecule has 2 aliphatic heterocycles. The van der Waals surface area contributed by atoms with Crippen molar-refractivity contribution in [3.8, 4) is 44.5 Å². The van der Waals surface area contributed by atoms with Crippen LogP contribution in [0.15, 0.2) is 152 Å². The van der Waals surface area contributed by atoms with Crippen LogP contribution in [0.4, 0.5) is 33.2 Å². The van der Waals surface area contributed by atoms with Crippen molar-refractivity contribution in [2.45, 2.75) is 62.3 Å². The number of aromatic amines is 2. The summed E-state index contributed by atoms with van der Waals surface area (Å²) in [6, 6.07) is 47.5. The van der Waals surface area contributed by atoms with E-state index in [1.54, 1.807) is 0 Å². The van der Waals surface area contributed by atoms with E-state index < -0.39 is 22.3 Å². The standard InChI is InChI=1S/C66H63N9O4/c1-64(2,3)60(76)72-44-27-17-13-23-40(44)56-48-31-33-50(68-48)57(41-24-14-18-28-45(41)73-61(77)65(4,5)6)52-35-37-54(70-52)59(43-26-16-20-30-47(43)75-63(79)67-39-21-11-10-12-22-39)55-38-36-53(71-55)58(51-34-32-49(56)69-51)42-25-15-19-29-46(42)74-62(78)66(7,8)9/h10-38,68,71H,1-9H3,(H,72,76)(H,73,77)(H,74,78)(H2,67,75,79). The van der Waals surface area contributed by atoms with Gasteiger partial charge in [0, 0.05) is 106 Å². The molecule has 0 radical (unpaired) electrons. The van der Waals surface area contributed by atoms with Gasteiger partial charge in [-0.3, -0.25) is 14.4 Å². The summed E-state index contributed by atoms with van der Waals surface area (Å²) in [4.78, 5) is 73.9. The zero-order valence-electron chi connectivity index (χ0n) is 45.8. The van der Waals surface area contributed by atoms with E-state index in [0.29, 0.717) is 112 Å². The first-order chi connectivity index (χ1) is 37.7. The molecular weight excluding hydrogens is 983 g/mol. The van der Waals surface area contributed by atoms with E-state index in [1.165, 1.54) is 0 Å². The van der Waals surface area contributed by atoms with Crippen molar-refractivity contribution >= 4 is 98.6 Å². The number of fused-ring (bicyclic) bond motifs is 8. The number of amides is 5. The number of para-hydroxylation sites is 5. The Kier molecular flexibility index (Phi) is 14.1. The Morgan fingerprint density at radius 2 is 0.595 bits per heavy atom. The van der Waals surface area contributed by atoms with Gasteiger partial charge in [0.15, 0.2) is 0 Å². The van der Waals surface area contributed by atoms with Crippen LogP contribution in [0, 0.1) is 16.2 Å². The van der Waals surface area contributed by atoms with Crippen molar-refractivity contribution in [1.29, 1.82) is 0 Å². The van der Waals surface area contributed by atoms with E-state index in [4.69, 9.17) is 9.97 Å². The molecule has 2 aliphatic rings. The van der Waals surface area contributed by atoms with Crippen LogP contribution in [-0.4, -0.2) is 43.7 Å². The molecule has 5 heterocycles. The number of urea groups is 1. The summed E-state index contributed by atoms with van der Waals surface area (Å²) in [5.41, 5.74) is 11.5. The van der Waals surface area contributed by atoms with Crippen LogP contribution in [0.25, 0.3) is 90.9 Å². The smallest absolute Gasteiger partial charge is 0.323 e. The monoisotopic (exact) mass is 1050 g/mol. The molecule has 79 heavy (non-hydrogen) atoms. The number of anilines is 5. The molecule has 396 valence electrons. The van der Waals surface area contributed by atoms with Gasteiger partial charge in [-0.15, -0.1) is 0 Å². The van der Waals surface area contributed by atoms with Crippen LogP contribution in [0.5, 0.6) is 0 Å². The summed E-state index contributed by atoms with van der Waals surface area (Å²) in [7, 11) is 0. The van der Waals surface area contributed by atoms with Gasteiger partial charge < -0.3 is 36.6 Å². The van der Waals surface area contributed by atoms with Crippen LogP contribution in [-0.2, 0) is 14.4 Å². The number of aromatic nitrogens is 4. The number of carbonyl (C=O) groups is 4. The summed E-state index contributed by atoms with van der Waals surface area (Å²) < 4.78 is 0. The van der Waals surface area contributed by atoms with E-state index in [2.05, 4.69) is 36.6 Å². The van der Waals surface area contributed by atoms with Gasteiger partial charge in [-0.2, -0.15) is 0 Å². The van der Waals surface area contributed by atoms with E-state index >= 15 is 0 Å². The van der Waals surface area contributed by atoms with Gasteiger partial charge >= 0.3 is 6.03 Å². The van der Waals surface area contributed by atoms with Crippen molar-refractivity contribution < 1.29 is 19.2 Å². The fourth-order valence-corrected chi connectivity index (χ4v) is 9.32. The Hall–Kier alpha value is -9.62. The highest BCUT2D eigenvalue weighted by Gasteiger charge is 2.28. The van der Waals surface area contributed by atoms with E-state index in [1.807, 2.05) is 238 Å². The molecule has 13 nitrogen and oxygen atoms in total. The molecule has 3 aromatic heterocycles. The maximum atomic E-state index is 13.8. The molecule has 10 rings (SSSR count). The van der Waals surface area contributed by atoms with Crippen LogP contribution in [0.2, 0.25) is 0 Å². The maximum Gasteiger partial charge on any atom is 0.323 e. The molecule has 7 N–H and O–H groups in total. The average molecular weight is 1050 g/mol. The Bertz CT molecular complexity index is 3910. The third-order valence-corrected chi connectivity index (χ3v) is 13.6. The molecule has 5 aromatic carbocycles. The average Bonchev–Trinajstić information content (AvgIpc) is 4.33. The molecule has 0 unspecified atom stereocenters. The Morgan fingerprint density at radius 1 is 0.329 bits per heavy atom. The molecule has 0 saturated carbocycles. The lowest BCUT2D eigenvalue weighted by Crippen LogP contribution is -2.27. The van der Waals surface area contributed by atoms with Gasteiger partial charge in [-0.1, -0.05) is 153 Å². The zero-order valence-corrected chi connectivity index (χ0v) is 45.8. The molecule has 5 amide bonds. The number of hydrogen-bond acceptors (Lipinski definition) is 6. The molecule has 8 aromatic rings. The fourth-order valence-electron chi connectivity index (χ4n) is 9.32. The largest absolute Gasteiger partial charge is 0.354 e. The molecule has 0 atom stereocenters. The third kappa shape index (κ3) is 11.2. The predicted molar refractivity (Wildman–Crippen MR) is 324 cm³/mol. The first-order valence-corrected chi connectivity index (χ1v) is 26.3.